The van der Waals surface area contributed by atoms with Gasteiger partial charge in [-0.2, -0.15) is 0 Å². The molecule has 2 aromatic rings. The first-order valence-corrected chi connectivity index (χ1v) is 122. The van der Waals surface area contributed by atoms with E-state index in [2.05, 4.69) is 410 Å². The van der Waals surface area contributed by atoms with E-state index in [-0.39, 0.29) is 0 Å². The third-order valence-corrected chi connectivity index (χ3v) is 94.5. The summed E-state index contributed by atoms with van der Waals surface area (Å²) in [5.41, 5.74) is 0. The molecule has 0 N–H and O–H groups in total. The van der Waals surface area contributed by atoms with Crippen molar-refractivity contribution in [1.82, 2.24) is 0 Å². The topological polar surface area (TPSA) is 175 Å². The molecule has 8 atom stereocenters. The zero-order chi connectivity index (χ0) is 101. The van der Waals surface area contributed by atoms with Gasteiger partial charge in [0.1, 0.15) is 0 Å². The van der Waals surface area contributed by atoms with Gasteiger partial charge in [0.25, 0.3) is 46.4 Å². The summed E-state index contributed by atoms with van der Waals surface area (Å²) in [6.45, 7) is 122. The van der Waals surface area contributed by atoms with Crippen LogP contribution < -0.4 is 10.4 Å². The molecular formula is C82H214O19Si26. The molecule has 0 aliphatic rings. The maximum Gasteiger partial charge on any atom is 0.350 e. The van der Waals surface area contributed by atoms with Gasteiger partial charge in [-0.1, -0.05) is 158 Å². The fourth-order valence-electron chi connectivity index (χ4n) is 13.6. The Morgan fingerprint density at radius 2 is 0.480 bits per heavy atom. The summed E-state index contributed by atoms with van der Waals surface area (Å²) in [5.74, 6) is 0. The summed E-state index contributed by atoms with van der Waals surface area (Å²) in [6.07, 6.45) is 15.9. The van der Waals surface area contributed by atoms with Gasteiger partial charge >= 0.3 is 61.4 Å². The van der Waals surface area contributed by atoms with E-state index in [1.54, 1.807) is 0 Å². The van der Waals surface area contributed by atoms with Crippen LogP contribution in [0, 0.1) is 0 Å². The van der Waals surface area contributed by atoms with Crippen LogP contribution in [0.3, 0.4) is 0 Å². The minimum absolute atomic E-state index is 0.956. The molecule has 2 aromatic carbocycles. The number of hydrogen-bond donors (Lipinski definition) is 0. The number of rotatable bonds is 55. The Hall–Kier alpha value is 3.32. The van der Waals surface area contributed by atoms with Crippen LogP contribution in [0.1, 0.15) is 97.8 Å². The van der Waals surface area contributed by atoms with E-state index in [4.69, 9.17) is 78.2 Å². The molecule has 19 nitrogen and oxygen atoms in total. The van der Waals surface area contributed by atoms with E-state index in [1.165, 1.54) is 87.4 Å². The van der Waals surface area contributed by atoms with Crippen molar-refractivity contribution >= 4 is 236 Å². The van der Waals surface area contributed by atoms with E-state index in [0.717, 1.165) is 18.1 Å². The fourth-order valence-corrected chi connectivity index (χ4v) is 101. The molecule has 45 heteroatoms. The molecule has 760 valence electrons. The highest BCUT2D eigenvalue weighted by Gasteiger charge is 2.44. The largest absolute Gasteiger partial charge is 0.442 e. The molecule has 0 amide bonds. The lowest BCUT2D eigenvalue weighted by Crippen LogP contribution is -2.59. The van der Waals surface area contributed by atoms with Gasteiger partial charge in [0.05, 0.1) is 0 Å². The zero-order valence-corrected chi connectivity index (χ0v) is 121. The summed E-state index contributed by atoms with van der Waals surface area (Å²) in [5, 5.41) is 2.46. The van der Waals surface area contributed by atoms with E-state index in [0.29, 0.717) is 0 Å². The van der Waals surface area contributed by atoms with Gasteiger partial charge in [-0.15, -0.1) is 0 Å². The molecule has 0 radical (unpaired) electrons. The second-order valence-electron chi connectivity index (χ2n) is 47.5. The van der Waals surface area contributed by atoms with Crippen molar-refractivity contribution in [2.45, 2.75) is 456 Å². The normalized spacial score (nSPS) is 16.0. The third-order valence-electron chi connectivity index (χ3n) is 15.8. The molecule has 8 unspecified atom stereocenters. The third kappa shape index (κ3) is 96.6. The summed E-state index contributed by atoms with van der Waals surface area (Å²) in [6, 6.07) is 24.2. The van der Waals surface area contributed by atoms with E-state index < -0.39 is 226 Å². The first-order valence-electron chi connectivity index (χ1n) is 48.6. The van der Waals surface area contributed by atoms with E-state index in [1.807, 2.05) is 12.1 Å². The SMILES string of the molecule is CCCCCCCC[Si](C)(O[SiH](C)O[SiH](C)C)O[Si](C)(C)C.CCCCCCCC[Si](C)(O[SiH](C)O[Si](C)(C)C)O[Si](C)(C)C.CC[SiH](O[Si](C)(C)C)O[Si](C)(C)C.C[SiH](C)O[SiH](C)O[Si](C)(C)O[Si](C)(C)C.C[SiH](O[Si](C)(C)C)O[Si](C)(C)O[Si](C)(C)C.C[SiH](O[Si](C)(C)C)O[Si](C)(O[Si](C)(C)C)c1ccccc1.C[Si](C)(C)O[SiH](O[Si](C)(C)C)c1ccccc1. The van der Waals surface area contributed by atoms with Crippen LogP contribution >= 0.6 is 0 Å². The molecule has 0 aliphatic carbocycles. The Bertz CT molecular complexity index is 3010. The maximum absolute atomic E-state index is 6.56. The van der Waals surface area contributed by atoms with Gasteiger partial charge in [-0.05, 0) is 369 Å². The van der Waals surface area contributed by atoms with Crippen molar-refractivity contribution in [2.24, 2.45) is 0 Å². The van der Waals surface area contributed by atoms with Gasteiger partial charge in [-0.25, -0.2) is 0 Å². The Morgan fingerprint density at radius 3 is 0.756 bits per heavy atom. The van der Waals surface area contributed by atoms with Crippen molar-refractivity contribution in [3.8, 4) is 0 Å². The highest BCUT2D eigenvalue weighted by molar-refractivity contribution is 6.93. The smallest absolute Gasteiger partial charge is 0.350 e. The van der Waals surface area contributed by atoms with Crippen LogP contribution in [0.25, 0.3) is 0 Å². The summed E-state index contributed by atoms with van der Waals surface area (Å²) < 4.78 is 118. The van der Waals surface area contributed by atoms with Gasteiger partial charge in [0, 0.05) is 0 Å². The van der Waals surface area contributed by atoms with Crippen molar-refractivity contribution < 1.29 is 78.2 Å². The van der Waals surface area contributed by atoms with Crippen molar-refractivity contribution in [3.63, 3.8) is 0 Å². The number of hydrogen-bond acceptors (Lipinski definition) is 19. The molecule has 0 aliphatic heterocycles. The Labute approximate surface area is 823 Å². The Morgan fingerprint density at radius 1 is 0.228 bits per heavy atom. The quantitative estimate of drug-likeness (QED) is 0.0451. The lowest BCUT2D eigenvalue weighted by molar-refractivity contribution is 0.340. The van der Waals surface area contributed by atoms with Gasteiger partial charge in [0.2, 0.25) is 0 Å². The molecule has 0 saturated heterocycles. The first-order chi connectivity index (χ1) is 56.5. The summed E-state index contributed by atoms with van der Waals surface area (Å²) >= 11 is 0. The van der Waals surface area contributed by atoms with Crippen LogP contribution in [0.2, 0.25) is 359 Å². The average molecular weight is 2230 g/mol. The zero-order valence-electron chi connectivity index (χ0n) is 93.8. The van der Waals surface area contributed by atoms with E-state index in [9.17, 15) is 0 Å². The average Bonchev–Trinajstić information content (AvgIpc) is 0.811. The minimum Gasteiger partial charge on any atom is -0.442 e. The van der Waals surface area contributed by atoms with Crippen LogP contribution in [0.4, 0.5) is 0 Å². The summed E-state index contributed by atoms with van der Waals surface area (Å²) in [4.78, 5) is 0. The van der Waals surface area contributed by atoms with Crippen LogP contribution in [-0.2, 0) is 78.2 Å². The number of benzene rings is 2. The molecule has 127 heavy (non-hydrogen) atoms. The molecule has 2 rings (SSSR count). The first kappa shape index (κ1) is 139. The minimum atomic E-state index is -2.40. The second-order valence-corrected chi connectivity index (χ2v) is 142. The highest BCUT2D eigenvalue weighted by Crippen LogP contribution is 2.29. The van der Waals surface area contributed by atoms with Crippen molar-refractivity contribution in [2.75, 3.05) is 0 Å². The lowest BCUT2D eigenvalue weighted by Gasteiger charge is -2.37. The van der Waals surface area contributed by atoms with Crippen LogP contribution in [0.15, 0.2) is 60.7 Å². The van der Waals surface area contributed by atoms with Crippen LogP contribution in [-0.4, -0.2) is 226 Å². The lowest BCUT2D eigenvalue weighted by atomic mass is 10.1. The Balaban J connectivity index is -0.000000459. The number of unbranched alkanes of at least 4 members (excludes halogenated alkanes) is 10. The fraction of sp³-hybridized carbons (Fsp3) is 0.854. The van der Waals surface area contributed by atoms with Crippen molar-refractivity contribution in [3.05, 3.63) is 60.7 Å². The monoisotopic (exact) mass is 2230 g/mol. The van der Waals surface area contributed by atoms with Gasteiger partial charge < -0.3 is 78.2 Å². The predicted octanol–water partition coefficient (Wildman–Crippen LogP) is 26.1. The van der Waals surface area contributed by atoms with Gasteiger partial charge in [0.15, 0.2) is 118 Å². The molecule has 0 heterocycles. The standard InChI is InChI=1S/C16H42O3Si4.C15H40O3Si4.C14H30O3Si4.C12H24O2Si3.C9H28O3Si4.C8H26O3Si4.C8H24O2Si3/c1-10-11-12-13-14-15-16-23(9,19-22(6,7)8)18-20(2)17-21(3,4)5;1-9-10-11-12-13-14-15-22(8,18-21(5,6)7)17-20(4)16-19(2)3;1-18(15-19(2,3)4)16-21(8,17-20(5,6)7)14-12-10-9-11-13-14;1-16(2,3)13-15(14-17(4,5)6)12-10-8-7-9-11-12;1-13(10-14(2,3)4)11-16(8,9)12-15(5,6)7;1-12(2)9-13(3)10-15(7,8)11-14(4,5)6;1-8-11(9-12(2,3)4)10-13(5,6)7/h20H,10-16H2,1-9H3;19-20H,9-15H2,1-8H3;9-13,18H,1-8H3;7-11,15H,1-6H3;13H,1-9H3;12-13H,1-8H3;11H,8H2,1-7H3. The second kappa shape index (κ2) is 64.1. The van der Waals surface area contributed by atoms with Crippen LogP contribution in [0.5, 0.6) is 0 Å². The maximum atomic E-state index is 6.56. The molecule has 0 saturated carbocycles. The molecule has 0 aromatic heterocycles. The van der Waals surface area contributed by atoms with E-state index >= 15 is 0 Å². The highest BCUT2D eigenvalue weighted by atomic mass is 28.5. The Kier molecular flexibility index (Phi) is 70.0. The summed E-state index contributed by atoms with van der Waals surface area (Å²) in [7, 11) is -41.5. The van der Waals surface area contributed by atoms with Crippen molar-refractivity contribution in [1.29, 1.82) is 0 Å². The molecular weight excluding hydrogens is 2020 g/mol. The predicted molar refractivity (Wildman–Crippen MR) is 627 cm³/mol. The molecule has 0 bridgehead atoms. The molecule has 0 spiro atoms. The van der Waals surface area contributed by atoms with Gasteiger partial charge in [-0.3, -0.25) is 0 Å². The molecule has 0 fully saturated rings.